The number of methoxy groups -OCH3 is 1. The van der Waals surface area contributed by atoms with Crippen LogP contribution < -0.4 is 0 Å². The number of esters is 2. The first-order chi connectivity index (χ1) is 15.7. The summed E-state index contributed by atoms with van der Waals surface area (Å²) in [4.78, 5) is 26.4. The summed E-state index contributed by atoms with van der Waals surface area (Å²) >= 11 is 0. The van der Waals surface area contributed by atoms with Crippen LogP contribution in [0.25, 0.3) is 0 Å². The van der Waals surface area contributed by atoms with Crippen LogP contribution in [0, 0.1) is 0 Å². The highest BCUT2D eigenvalue weighted by atomic mass is 28.4. The molecule has 0 aromatic carbocycles. The molecular formula is C23H42O10Si2. The first-order valence-electron chi connectivity index (χ1n) is 12.0. The maximum atomic E-state index is 13.3. The van der Waals surface area contributed by atoms with Gasteiger partial charge in [-0.3, -0.25) is 0 Å². The molecule has 0 unspecified atom stereocenters. The van der Waals surface area contributed by atoms with Crippen molar-refractivity contribution in [2.24, 2.45) is 0 Å². The molecule has 3 fully saturated rings. The maximum absolute atomic E-state index is 13.3. The van der Waals surface area contributed by atoms with Crippen molar-refractivity contribution in [3.05, 3.63) is 0 Å². The van der Waals surface area contributed by atoms with Crippen molar-refractivity contribution in [2.75, 3.05) is 20.5 Å². The lowest BCUT2D eigenvalue weighted by Gasteiger charge is -2.58. The van der Waals surface area contributed by atoms with E-state index in [0.29, 0.717) is 0 Å². The number of aliphatic hydroxyl groups is 2. The van der Waals surface area contributed by atoms with Crippen molar-refractivity contribution in [3.63, 3.8) is 0 Å². The van der Waals surface area contributed by atoms with Crippen LogP contribution in [-0.4, -0.2) is 94.4 Å². The molecule has 0 aromatic rings. The van der Waals surface area contributed by atoms with Gasteiger partial charge in [-0.2, -0.15) is 0 Å². The van der Waals surface area contributed by atoms with E-state index < -0.39 is 70.5 Å². The number of carbonyl (C=O) groups excluding carboxylic acids is 2. The second kappa shape index (κ2) is 8.32. The minimum Gasteiger partial charge on any atom is -0.467 e. The zero-order valence-electron chi connectivity index (χ0n) is 22.8. The Kier molecular flexibility index (Phi) is 6.82. The van der Waals surface area contributed by atoms with E-state index in [4.69, 9.17) is 27.8 Å². The molecule has 3 aliphatic rings. The van der Waals surface area contributed by atoms with Crippen molar-refractivity contribution in [1.29, 1.82) is 0 Å². The van der Waals surface area contributed by atoms with Gasteiger partial charge in [-0.1, -0.05) is 41.5 Å². The highest BCUT2D eigenvalue weighted by Crippen LogP contribution is 2.59. The molecule has 0 radical (unpaired) electrons. The van der Waals surface area contributed by atoms with E-state index in [1.54, 1.807) is 0 Å². The Morgan fingerprint density at radius 3 is 2.00 bits per heavy atom. The van der Waals surface area contributed by atoms with Crippen molar-refractivity contribution < 1.29 is 47.6 Å². The van der Waals surface area contributed by atoms with Crippen LogP contribution in [-0.2, 0) is 37.4 Å². The quantitative estimate of drug-likeness (QED) is 0.399. The lowest BCUT2D eigenvalue weighted by atomic mass is 9.60. The molecule has 12 heteroatoms. The Morgan fingerprint density at radius 1 is 1.00 bits per heavy atom. The standard InChI is InChI=1S/C23H42O10Si2/c1-19(2,3)34(8,9)32-14-15(24)22(27,17(25)28-7)23-18(26)29-12-21(23,30-13-31-23)16(14)33-35(10,11)20(4,5)6/h14-16,24,27H,12-13H2,1-11H3/t14-,15+,16-,21+,22+,23+/m1/s1. The van der Waals surface area contributed by atoms with E-state index in [1.165, 1.54) is 0 Å². The van der Waals surface area contributed by atoms with Crippen molar-refractivity contribution in [1.82, 2.24) is 0 Å². The summed E-state index contributed by atoms with van der Waals surface area (Å²) in [6.45, 7) is 19.5. The molecule has 0 bridgehead atoms. The summed E-state index contributed by atoms with van der Waals surface area (Å²) in [6.07, 6.45) is -4.25. The summed E-state index contributed by atoms with van der Waals surface area (Å²) in [5, 5.41) is 23.1. The second-order valence-corrected chi connectivity index (χ2v) is 22.4. The Hall–Kier alpha value is -0.866. The van der Waals surface area contributed by atoms with Crippen LogP contribution in [0.4, 0.5) is 0 Å². The van der Waals surface area contributed by atoms with Gasteiger partial charge in [0.25, 0.3) is 0 Å². The predicted molar refractivity (Wildman–Crippen MR) is 131 cm³/mol. The van der Waals surface area contributed by atoms with Crippen LogP contribution >= 0.6 is 0 Å². The van der Waals surface area contributed by atoms with Crippen molar-refractivity contribution in [2.45, 2.75) is 113 Å². The molecule has 0 amide bonds. The lowest BCUT2D eigenvalue weighted by Crippen LogP contribution is -2.86. The summed E-state index contributed by atoms with van der Waals surface area (Å²) in [6, 6.07) is 0. The minimum atomic E-state index is -2.86. The summed E-state index contributed by atoms with van der Waals surface area (Å²) < 4.78 is 35.6. The van der Waals surface area contributed by atoms with E-state index >= 15 is 0 Å². The zero-order valence-corrected chi connectivity index (χ0v) is 24.8. The molecule has 2 aliphatic heterocycles. The van der Waals surface area contributed by atoms with E-state index in [0.717, 1.165) is 7.11 Å². The molecular weight excluding hydrogens is 492 g/mol. The second-order valence-electron chi connectivity index (χ2n) is 12.9. The van der Waals surface area contributed by atoms with Gasteiger partial charge in [0.15, 0.2) is 22.2 Å². The molecule has 2 N–H and O–H groups in total. The number of hydrogen-bond donors (Lipinski definition) is 2. The highest BCUT2D eigenvalue weighted by Gasteiger charge is 2.89. The smallest absolute Gasteiger partial charge is 0.345 e. The summed E-state index contributed by atoms with van der Waals surface area (Å²) in [5.41, 5.74) is -6.98. The molecule has 10 nitrogen and oxygen atoms in total. The number of carbonyl (C=O) groups is 2. The molecule has 0 aromatic heterocycles. The van der Waals surface area contributed by atoms with Gasteiger partial charge in [-0.05, 0) is 36.3 Å². The van der Waals surface area contributed by atoms with Crippen molar-refractivity contribution >= 4 is 28.6 Å². The molecule has 2 heterocycles. The summed E-state index contributed by atoms with van der Waals surface area (Å²) in [7, 11) is -4.16. The van der Waals surface area contributed by atoms with Crippen LogP contribution in [0.3, 0.4) is 0 Å². The van der Waals surface area contributed by atoms with Gasteiger partial charge in [0.2, 0.25) is 11.2 Å². The zero-order chi connectivity index (χ0) is 27.0. The van der Waals surface area contributed by atoms with Gasteiger partial charge in [0.1, 0.15) is 31.7 Å². The van der Waals surface area contributed by atoms with Crippen LogP contribution in [0.5, 0.6) is 0 Å². The van der Waals surface area contributed by atoms with E-state index in [9.17, 15) is 19.8 Å². The van der Waals surface area contributed by atoms with Crippen LogP contribution in [0.2, 0.25) is 36.3 Å². The normalized spacial score (nSPS) is 38.1. The SMILES string of the molecule is COC(=O)[C@@]1(O)[C@@H](O)[C@@H](O[Si](C)(C)C(C)(C)C)[C@@H](O[Si](C)(C)C(C)(C)C)[C@@]23COC(=O)[C@]21OCO3. The Labute approximate surface area is 209 Å². The van der Waals surface area contributed by atoms with Crippen LogP contribution in [0.15, 0.2) is 0 Å². The Morgan fingerprint density at radius 2 is 1.51 bits per heavy atom. The van der Waals surface area contributed by atoms with Gasteiger partial charge in [0, 0.05) is 0 Å². The average molecular weight is 535 g/mol. The van der Waals surface area contributed by atoms with Gasteiger partial charge >= 0.3 is 11.9 Å². The largest absolute Gasteiger partial charge is 0.467 e. The van der Waals surface area contributed by atoms with Gasteiger partial charge < -0.3 is 38.0 Å². The fourth-order valence-corrected chi connectivity index (χ4v) is 7.24. The van der Waals surface area contributed by atoms with Gasteiger partial charge in [-0.15, -0.1) is 0 Å². The first kappa shape index (κ1) is 28.7. The third kappa shape index (κ3) is 3.70. The van der Waals surface area contributed by atoms with E-state index in [-0.39, 0.29) is 16.7 Å². The first-order valence-corrected chi connectivity index (χ1v) is 17.8. The molecule has 35 heavy (non-hydrogen) atoms. The van der Waals surface area contributed by atoms with Gasteiger partial charge in [0.05, 0.1) is 7.11 Å². The number of ether oxygens (including phenoxy) is 4. The summed E-state index contributed by atoms with van der Waals surface area (Å²) in [5.74, 6) is -2.26. The molecule has 1 saturated carbocycles. The minimum absolute atomic E-state index is 0.252. The monoisotopic (exact) mass is 534 g/mol. The molecule has 3 rings (SSSR count). The van der Waals surface area contributed by atoms with E-state index in [1.807, 2.05) is 47.0 Å². The number of aliphatic hydroxyl groups excluding tert-OH is 1. The fraction of sp³-hybridized carbons (Fsp3) is 0.913. The maximum Gasteiger partial charge on any atom is 0.345 e. The fourth-order valence-electron chi connectivity index (χ4n) is 4.65. The molecule has 202 valence electrons. The molecule has 1 aliphatic carbocycles. The third-order valence-electron chi connectivity index (χ3n) is 8.89. The predicted octanol–water partition coefficient (Wildman–Crippen LogP) is 2.08. The molecule has 6 atom stereocenters. The van der Waals surface area contributed by atoms with Crippen LogP contribution in [0.1, 0.15) is 41.5 Å². The van der Waals surface area contributed by atoms with Crippen molar-refractivity contribution in [3.8, 4) is 0 Å². The average Bonchev–Trinajstić information content (AvgIpc) is 3.24. The Balaban J connectivity index is 2.30. The third-order valence-corrected chi connectivity index (χ3v) is 17.8. The lowest BCUT2D eigenvalue weighted by molar-refractivity contribution is -0.284. The number of cyclic esters (lactones) is 1. The Bertz CT molecular complexity index is 879. The highest BCUT2D eigenvalue weighted by molar-refractivity contribution is 6.74. The van der Waals surface area contributed by atoms with Gasteiger partial charge in [-0.25, -0.2) is 9.59 Å². The molecule has 0 spiro atoms. The topological polar surface area (TPSA) is 130 Å². The van der Waals surface area contributed by atoms with E-state index in [2.05, 4.69) is 20.8 Å². The number of rotatable bonds is 5. The number of hydrogen-bond acceptors (Lipinski definition) is 10. The molecule has 2 saturated heterocycles.